The smallest absolute Gasteiger partial charge is 0.166 e. The SMILES string of the molecule is CCCCC1=CCC(C#Cc2ccc(/C(F)=C(\F)c3ccc(CCC)cc3)cc2CC)C=C1. The van der Waals surface area contributed by atoms with Crippen LogP contribution >= 0.6 is 0 Å². The molecule has 172 valence electrons. The average molecular weight is 445 g/mol. The maximum Gasteiger partial charge on any atom is 0.166 e. The van der Waals surface area contributed by atoms with Crippen molar-refractivity contribution in [3.63, 3.8) is 0 Å². The number of hydrogen-bond acceptors (Lipinski definition) is 0. The lowest BCUT2D eigenvalue weighted by atomic mass is 9.94. The van der Waals surface area contributed by atoms with Gasteiger partial charge >= 0.3 is 0 Å². The Bertz CT molecular complexity index is 1090. The topological polar surface area (TPSA) is 0 Å². The average Bonchev–Trinajstić information content (AvgIpc) is 2.86. The van der Waals surface area contributed by atoms with Crippen LogP contribution in [0.4, 0.5) is 8.78 Å². The molecule has 0 radical (unpaired) electrons. The molecule has 0 saturated carbocycles. The molecule has 1 aliphatic carbocycles. The predicted octanol–water partition coefficient (Wildman–Crippen LogP) is 9.01. The number of hydrogen-bond donors (Lipinski definition) is 0. The van der Waals surface area contributed by atoms with Crippen molar-refractivity contribution in [1.82, 2.24) is 0 Å². The number of aryl methyl sites for hydroxylation is 2. The van der Waals surface area contributed by atoms with E-state index in [1.165, 1.54) is 18.4 Å². The van der Waals surface area contributed by atoms with Crippen LogP contribution in [0.1, 0.15) is 80.7 Å². The maximum atomic E-state index is 15.0. The van der Waals surface area contributed by atoms with Crippen LogP contribution in [0.2, 0.25) is 0 Å². The van der Waals surface area contributed by atoms with Crippen LogP contribution in [0.3, 0.4) is 0 Å². The molecule has 0 aromatic heterocycles. The largest absolute Gasteiger partial charge is 0.203 e. The van der Waals surface area contributed by atoms with E-state index < -0.39 is 11.7 Å². The van der Waals surface area contributed by atoms with Gasteiger partial charge in [-0.3, -0.25) is 0 Å². The van der Waals surface area contributed by atoms with Gasteiger partial charge in [0, 0.05) is 22.6 Å². The lowest BCUT2D eigenvalue weighted by Gasteiger charge is -2.11. The fourth-order valence-corrected chi connectivity index (χ4v) is 4.01. The summed E-state index contributed by atoms with van der Waals surface area (Å²) >= 11 is 0. The lowest BCUT2D eigenvalue weighted by Crippen LogP contribution is -1.98. The van der Waals surface area contributed by atoms with Gasteiger partial charge in [-0.2, -0.15) is 0 Å². The first-order valence-corrected chi connectivity index (χ1v) is 12.2. The minimum Gasteiger partial charge on any atom is -0.203 e. The third-order valence-corrected chi connectivity index (χ3v) is 6.07. The zero-order valence-electron chi connectivity index (χ0n) is 20.1. The van der Waals surface area contributed by atoms with E-state index in [4.69, 9.17) is 0 Å². The molecule has 1 unspecified atom stereocenters. The molecule has 1 atom stereocenters. The first-order chi connectivity index (χ1) is 16.0. The van der Waals surface area contributed by atoms with E-state index in [1.807, 2.05) is 25.1 Å². The highest BCUT2D eigenvalue weighted by atomic mass is 19.2. The Hall–Kier alpha value is -2.92. The summed E-state index contributed by atoms with van der Waals surface area (Å²) in [6.07, 6.45) is 13.8. The van der Waals surface area contributed by atoms with Crippen molar-refractivity contribution in [1.29, 1.82) is 0 Å². The molecule has 0 aliphatic heterocycles. The molecule has 0 amide bonds. The van der Waals surface area contributed by atoms with E-state index in [1.54, 1.807) is 24.3 Å². The molecule has 0 nitrogen and oxygen atoms in total. The van der Waals surface area contributed by atoms with Crippen molar-refractivity contribution >= 4 is 11.7 Å². The van der Waals surface area contributed by atoms with Gasteiger partial charge in [0.2, 0.25) is 0 Å². The lowest BCUT2D eigenvalue weighted by molar-refractivity contribution is 0.700. The second kappa shape index (κ2) is 12.4. The second-order valence-corrected chi connectivity index (χ2v) is 8.65. The Morgan fingerprint density at radius 2 is 1.64 bits per heavy atom. The highest BCUT2D eigenvalue weighted by Gasteiger charge is 2.13. The molecule has 0 saturated heterocycles. The summed E-state index contributed by atoms with van der Waals surface area (Å²) in [6, 6.07) is 12.2. The van der Waals surface area contributed by atoms with Gasteiger partial charge in [-0.1, -0.05) is 99.6 Å². The molecule has 33 heavy (non-hydrogen) atoms. The molecule has 2 heteroatoms. The molecular weight excluding hydrogens is 410 g/mol. The molecule has 0 bridgehead atoms. The number of allylic oxidation sites excluding steroid dienone is 4. The summed E-state index contributed by atoms with van der Waals surface area (Å²) in [6.45, 7) is 6.32. The molecule has 0 N–H and O–H groups in total. The van der Waals surface area contributed by atoms with E-state index in [-0.39, 0.29) is 17.0 Å². The van der Waals surface area contributed by atoms with Crippen molar-refractivity contribution in [2.45, 2.75) is 65.7 Å². The summed E-state index contributed by atoms with van der Waals surface area (Å²) in [5, 5.41) is 0. The minimum atomic E-state index is -0.826. The zero-order chi connectivity index (χ0) is 23.6. The molecule has 0 heterocycles. The van der Waals surface area contributed by atoms with Crippen molar-refractivity contribution in [3.05, 3.63) is 94.1 Å². The van der Waals surface area contributed by atoms with Gasteiger partial charge in [-0.15, -0.1) is 0 Å². The van der Waals surface area contributed by atoms with E-state index in [2.05, 4.69) is 43.9 Å². The first-order valence-electron chi connectivity index (χ1n) is 12.2. The molecule has 3 rings (SSSR count). The number of benzene rings is 2. The summed E-state index contributed by atoms with van der Waals surface area (Å²) < 4.78 is 29.8. The molecule has 0 spiro atoms. The van der Waals surface area contributed by atoms with Crippen molar-refractivity contribution in [2.24, 2.45) is 5.92 Å². The van der Waals surface area contributed by atoms with Crippen molar-refractivity contribution in [3.8, 4) is 11.8 Å². The van der Waals surface area contributed by atoms with Crippen LogP contribution in [-0.4, -0.2) is 0 Å². The minimum absolute atomic E-state index is 0.199. The van der Waals surface area contributed by atoms with Gasteiger partial charge in [0.05, 0.1) is 0 Å². The van der Waals surface area contributed by atoms with Gasteiger partial charge in [-0.25, -0.2) is 8.78 Å². The Balaban J connectivity index is 1.76. The third kappa shape index (κ3) is 6.78. The van der Waals surface area contributed by atoms with E-state index in [9.17, 15) is 8.78 Å². The number of unbranched alkanes of at least 4 members (excludes halogenated alkanes) is 1. The monoisotopic (exact) mass is 444 g/mol. The molecule has 2 aromatic rings. The van der Waals surface area contributed by atoms with Gasteiger partial charge in [-0.05, 0) is 55.4 Å². The fraction of sp³-hybridized carbons (Fsp3) is 0.355. The predicted molar refractivity (Wildman–Crippen MR) is 137 cm³/mol. The van der Waals surface area contributed by atoms with Crippen LogP contribution in [0.5, 0.6) is 0 Å². The third-order valence-electron chi connectivity index (χ3n) is 6.07. The van der Waals surface area contributed by atoms with Crippen molar-refractivity contribution in [2.75, 3.05) is 0 Å². The van der Waals surface area contributed by atoms with Crippen LogP contribution in [0.15, 0.2) is 66.3 Å². The van der Waals surface area contributed by atoms with Gasteiger partial charge in [0.25, 0.3) is 0 Å². The maximum absolute atomic E-state index is 15.0. The van der Waals surface area contributed by atoms with Gasteiger partial charge in [0.1, 0.15) is 0 Å². The Morgan fingerprint density at radius 3 is 2.27 bits per heavy atom. The molecule has 0 fully saturated rings. The van der Waals surface area contributed by atoms with Crippen molar-refractivity contribution < 1.29 is 8.78 Å². The standard InChI is InChI=1S/C31H34F2/c1-4-7-9-24-10-12-25(13-11-24)14-17-27-20-21-29(22-26(27)6-3)31(33)30(32)28-18-15-23(8-5-2)16-19-28/h10-12,15-16,18-22,25H,4-9,13H2,1-3H3/b31-30+. The molecule has 1 aliphatic rings. The Kier molecular flexibility index (Phi) is 9.25. The van der Waals surface area contributed by atoms with Gasteiger partial charge in [0.15, 0.2) is 11.7 Å². The van der Waals surface area contributed by atoms with Crippen LogP contribution < -0.4 is 0 Å². The zero-order valence-corrected chi connectivity index (χ0v) is 20.1. The van der Waals surface area contributed by atoms with E-state index in [0.29, 0.717) is 6.42 Å². The van der Waals surface area contributed by atoms with Crippen LogP contribution in [0.25, 0.3) is 11.7 Å². The van der Waals surface area contributed by atoms with Gasteiger partial charge < -0.3 is 0 Å². The summed E-state index contributed by atoms with van der Waals surface area (Å²) in [5.74, 6) is 5.17. The quantitative estimate of drug-likeness (QED) is 0.281. The van der Waals surface area contributed by atoms with E-state index in [0.717, 1.165) is 42.4 Å². The highest BCUT2D eigenvalue weighted by Crippen LogP contribution is 2.30. The summed E-state index contributed by atoms with van der Waals surface area (Å²) in [7, 11) is 0. The molecular formula is C31H34F2. The number of halogens is 2. The van der Waals surface area contributed by atoms with E-state index >= 15 is 0 Å². The fourth-order valence-electron chi connectivity index (χ4n) is 4.01. The van der Waals surface area contributed by atoms with Crippen LogP contribution in [0, 0.1) is 17.8 Å². The second-order valence-electron chi connectivity index (χ2n) is 8.65. The molecule has 2 aromatic carbocycles. The Labute approximate surface area is 198 Å². The summed E-state index contributed by atoms with van der Waals surface area (Å²) in [4.78, 5) is 0. The highest BCUT2D eigenvalue weighted by molar-refractivity contribution is 5.83. The Morgan fingerprint density at radius 1 is 0.909 bits per heavy atom. The normalized spacial score (nSPS) is 16.0. The number of rotatable bonds is 8. The first kappa shape index (κ1) is 24.7. The van der Waals surface area contributed by atoms with Crippen LogP contribution in [-0.2, 0) is 12.8 Å². The summed E-state index contributed by atoms with van der Waals surface area (Å²) in [5.41, 5.74) is 4.87.